The molecule has 6 nitrogen and oxygen atoms in total. The van der Waals surface area contributed by atoms with Crippen LogP contribution >= 0.6 is 0 Å². The second kappa shape index (κ2) is 5.30. The molecule has 1 aliphatic rings. The van der Waals surface area contributed by atoms with Crippen LogP contribution in [0.3, 0.4) is 0 Å². The molecular weight excluding hydrogens is 252 g/mol. The lowest BCUT2D eigenvalue weighted by Crippen LogP contribution is -2.56. The highest BCUT2D eigenvalue weighted by molar-refractivity contribution is 5.24. The fraction of sp³-hybridized carbons (Fsp3) is 0.500. The Labute approximate surface area is 118 Å². The van der Waals surface area contributed by atoms with Crippen molar-refractivity contribution in [3.8, 4) is 0 Å². The van der Waals surface area contributed by atoms with Crippen LogP contribution in [0.5, 0.6) is 0 Å². The summed E-state index contributed by atoms with van der Waals surface area (Å²) in [5.74, 6) is 0.782. The van der Waals surface area contributed by atoms with Gasteiger partial charge in [0.2, 0.25) is 0 Å². The number of nitrogens with one attached hydrogen (secondary N) is 1. The van der Waals surface area contributed by atoms with Crippen molar-refractivity contribution in [2.45, 2.75) is 19.0 Å². The fourth-order valence-electron chi connectivity index (χ4n) is 2.79. The number of aromatic nitrogens is 4. The zero-order chi connectivity index (χ0) is 14.0. The number of piperazine rings is 1. The summed E-state index contributed by atoms with van der Waals surface area (Å²) in [6, 6.07) is 10.6. The van der Waals surface area contributed by atoms with Gasteiger partial charge in [0, 0.05) is 19.6 Å². The van der Waals surface area contributed by atoms with Gasteiger partial charge in [-0.3, -0.25) is 4.90 Å². The predicted molar refractivity (Wildman–Crippen MR) is 75.9 cm³/mol. The van der Waals surface area contributed by atoms with E-state index in [9.17, 15) is 0 Å². The number of rotatable bonds is 3. The summed E-state index contributed by atoms with van der Waals surface area (Å²) in [6.45, 7) is 5.90. The van der Waals surface area contributed by atoms with Crippen LogP contribution in [-0.4, -0.2) is 44.7 Å². The van der Waals surface area contributed by atoms with Crippen LogP contribution < -0.4 is 5.32 Å². The van der Waals surface area contributed by atoms with Gasteiger partial charge in [-0.2, -0.15) is 4.80 Å². The third kappa shape index (κ3) is 2.71. The van der Waals surface area contributed by atoms with Gasteiger partial charge in [0.1, 0.15) is 0 Å². The van der Waals surface area contributed by atoms with Crippen LogP contribution in [0.1, 0.15) is 18.3 Å². The van der Waals surface area contributed by atoms with Gasteiger partial charge < -0.3 is 5.32 Å². The summed E-state index contributed by atoms with van der Waals surface area (Å²) in [5, 5.41) is 15.8. The predicted octanol–water partition coefficient (Wildman–Crippen LogP) is 0.531. The molecule has 1 N–H and O–H groups in total. The Hall–Kier alpha value is -1.79. The van der Waals surface area contributed by atoms with E-state index in [0.29, 0.717) is 0 Å². The van der Waals surface area contributed by atoms with E-state index in [0.717, 1.165) is 32.0 Å². The molecule has 1 aliphatic heterocycles. The standard InChI is InChI=1S/C14H20N6/c1-14(12-6-4-3-5-7-12)11-20(9-8-15-14)10-13-16-18-19(2)17-13/h3-7,15H,8-11H2,1-2H3. The molecule has 1 atom stereocenters. The lowest BCUT2D eigenvalue weighted by Gasteiger charge is -2.41. The molecule has 1 aromatic carbocycles. The van der Waals surface area contributed by atoms with Crippen LogP contribution in [-0.2, 0) is 19.1 Å². The molecule has 0 radical (unpaired) electrons. The van der Waals surface area contributed by atoms with E-state index in [4.69, 9.17) is 0 Å². The molecule has 0 bridgehead atoms. The highest BCUT2D eigenvalue weighted by Gasteiger charge is 2.32. The number of tetrazole rings is 1. The minimum Gasteiger partial charge on any atom is -0.305 e. The molecule has 1 saturated heterocycles. The fourth-order valence-corrected chi connectivity index (χ4v) is 2.79. The minimum atomic E-state index is -0.0261. The van der Waals surface area contributed by atoms with Crippen LogP contribution in [0.2, 0.25) is 0 Å². The van der Waals surface area contributed by atoms with Crippen LogP contribution in [0.4, 0.5) is 0 Å². The van der Waals surface area contributed by atoms with E-state index in [2.05, 4.69) is 62.9 Å². The van der Waals surface area contributed by atoms with Crippen LogP contribution in [0, 0.1) is 0 Å². The minimum absolute atomic E-state index is 0.0261. The molecule has 1 fully saturated rings. The SMILES string of the molecule is Cn1nnc(CN2CCNC(C)(c3ccccc3)C2)n1. The molecule has 6 heteroatoms. The normalized spacial score (nSPS) is 23.9. The number of aryl methyl sites for hydroxylation is 1. The summed E-state index contributed by atoms with van der Waals surface area (Å²) in [6.07, 6.45) is 0. The third-order valence-corrected chi connectivity index (χ3v) is 3.81. The van der Waals surface area contributed by atoms with E-state index in [1.165, 1.54) is 10.4 Å². The summed E-state index contributed by atoms with van der Waals surface area (Å²) < 4.78 is 0. The lowest BCUT2D eigenvalue weighted by molar-refractivity contribution is 0.133. The van der Waals surface area contributed by atoms with E-state index in [1.54, 1.807) is 7.05 Å². The van der Waals surface area contributed by atoms with E-state index < -0.39 is 0 Å². The zero-order valence-corrected chi connectivity index (χ0v) is 12.0. The Morgan fingerprint density at radius 2 is 2.10 bits per heavy atom. The average molecular weight is 272 g/mol. The largest absolute Gasteiger partial charge is 0.305 e. The van der Waals surface area contributed by atoms with Gasteiger partial charge in [-0.15, -0.1) is 10.2 Å². The van der Waals surface area contributed by atoms with Gasteiger partial charge in [-0.25, -0.2) is 0 Å². The summed E-state index contributed by atoms with van der Waals surface area (Å²) in [5.41, 5.74) is 1.29. The second-order valence-corrected chi connectivity index (χ2v) is 5.53. The molecule has 1 unspecified atom stereocenters. The number of nitrogens with zero attached hydrogens (tertiary/aromatic N) is 5. The van der Waals surface area contributed by atoms with Crippen LogP contribution in [0.25, 0.3) is 0 Å². The molecule has 2 heterocycles. The van der Waals surface area contributed by atoms with Crippen molar-refractivity contribution >= 4 is 0 Å². The molecule has 3 rings (SSSR count). The monoisotopic (exact) mass is 272 g/mol. The first-order chi connectivity index (χ1) is 9.66. The van der Waals surface area contributed by atoms with Crippen molar-refractivity contribution in [1.29, 1.82) is 0 Å². The van der Waals surface area contributed by atoms with Gasteiger partial charge in [0.15, 0.2) is 5.82 Å². The number of hydrogen-bond donors (Lipinski definition) is 1. The number of benzene rings is 1. The first-order valence-electron chi connectivity index (χ1n) is 6.91. The molecule has 20 heavy (non-hydrogen) atoms. The third-order valence-electron chi connectivity index (χ3n) is 3.81. The highest BCUT2D eigenvalue weighted by atomic mass is 15.6. The molecule has 0 spiro atoms. The maximum absolute atomic E-state index is 4.26. The van der Waals surface area contributed by atoms with Gasteiger partial charge in [0.25, 0.3) is 0 Å². The average Bonchev–Trinajstić information content (AvgIpc) is 2.85. The molecule has 106 valence electrons. The maximum Gasteiger partial charge on any atom is 0.188 e. The van der Waals surface area contributed by atoms with E-state index in [1.807, 2.05) is 0 Å². The van der Waals surface area contributed by atoms with Crippen molar-refractivity contribution in [1.82, 2.24) is 30.4 Å². The smallest absolute Gasteiger partial charge is 0.188 e. The molecule has 2 aromatic rings. The topological polar surface area (TPSA) is 58.9 Å². The first-order valence-corrected chi connectivity index (χ1v) is 6.91. The Bertz CT molecular complexity index is 566. The quantitative estimate of drug-likeness (QED) is 0.883. The first kappa shape index (κ1) is 13.2. The van der Waals surface area contributed by atoms with Crippen molar-refractivity contribution < 1.29 is 0 Å². The van der Waals surface area contributed by atoms with Crippen molar-refractivity contribution in [3.63, 3.8) is 0 Å². The highest BCUT2D eigenvalue weighted by Crippen LogP contribution is 2.24. The van der Waals surface area contributed by atoms with Gasteiger partial charge >= 0.3 is 0 Å². The van der Waals surface area contributed by atoms with Gasteiger partial charge in [-0.1, -0.05) is 30.3 Å². The van der Waals surface area contributed by atoms with Crippen molar-refractivity contribution in [2.75, 3.05) is 19.6 Å². The molecule has 1 aromatic heterocycles. The zero-order valence-electron chi connectivity index (χ0n) is 12.0. The molecule has 0 aliphatic carbocycles. The summed E-state index contributed by atoms with van der Waals surface area (Å²) in [4.78, 5) is 3.88. The lowest BCUT2D eigenvalue weighted by atomic mass is 9.89. The Morgan fingerprint density at radius 1 is 1.30 bits per heavy atom. The molecule has 0 amide bonds. The Balaban J connectivity index is 1.73. The van der Waals surface area contributed by atoms with Crippen molar-refractivity contribution in [2.24, 2.45) is 7.05 Å². The van der Waals surface area contributed by atoms with Gasteiger partial charge in [-0.05, 0) is 17.7 Å². The molecular formula is C14H20N6. The van der Waals surface area contributed by atoms with E-state index >= 15 is 0 Å². The van der Waals surface area contributed by atoms with Crippen LogP contribution in [0.15, 0.2) is 30.3 Å². The van der Waals surface area contributed by atoms with E-state index in [-0.39, 0.29) is 5.54 Å². The Morgan fingerprint density at radius 3 is 2.80 bits per heavy atom. The number of hydrogen-bond acceptors (Lipinski definition) is 5. The Kier molecular flexibility index (Phi) is 3.50. The second-order valence-electron chi connectivity index (χ2n) is 5.53. The molecule has 0 saturated carbocycles. The van der Waals surface area contributed by atoms with Gasteiger partial charge in [0.05, 0.1) is 19.1 Å². The summed E-state index contributed by atoms with van der Waals surface area (Å²) in [7, 11) is 1.79. The maximum atomic E-state index is 4.26. The summed E-state index contributed by atoms with van der Waals surface area (Å²) >= 11 is 0. The van der Waals surface area contributed by atoms with Crippen molar-refractivity contribution in [3.05, 3.63) is 41.7 Å².